The number of amides is 1. The van der Waals surface area contributed by atoms with E-state index in [9.17, 15) is 4.79 Å². The Balaban J connectivity index is 1.76. The summed E-state index contributed by atoms with van der Waals surface area (Å²) >= 11 is 1.53. The minimum absolute atomic E-state index is 0.0533. The number of carbonyl (C=O) groups excluding carboxylic acids is 1. The maximum absolute atomic E-state index is 12.0. The Morgan fingerprint density at radius 1 is 1.29 bits per heavy atom. The fourth-order valence-electron chi connectivity index (χ4n) is 2.64. The van der Waals surface area contributed by atoms with Crippen molar-refractivity contribution in [2.75, 3.05) is 17.7 Å². The van der Waals surface area contributed by atoms with Crippen molar-refractivity contribution in [1.82, 2.24) is 9.97 Å². The van der Waals surface area contributed by atoms with Gasteiger partial charge in [-0.25, -0.2) is 9.97 Å². The van der Waals surface area contributed by atoms with E-state index in [1.54, 1.807) is 13.3 Å². The number of para-hydroxylation sites is 2. The average Bonchev–Trinajstić information content (AvgIpc) is 2.99. The van der Waals surface area contributed by atoms with Crippen LogP contribution in [0.3, 0.4) is 0 Å². The Hall–Kier alpha value is -2.93. The Kier molecular flexibility index (Phi) is 3.62. The van der Waals surface area contributed by atoms with E-state index in [1.165, 1.54) is 11.3 Å². The van der Waals surface area contributed by atoms with Gasteiger partial charge in [-0.1, -0.05) is 12.1 Å². The molecule has 1 amide bonds. The lowest BCUT2D eigenvalue weighted by Gasteiger charge is -2.11. The highest BCUT2D eigenvalue weighted by Crippen LogP contribution is 2.36. The van der Waals surface area contributed by atoms with Crippen LogP contribution in [0.25, 0.3) is 11.3 Å². The third-order valence-corrected chi connectivity index (χ3v) is 4.50. The zero-order valence-electron chi connectivity index (χ0n) is 12.9. The number of methoxy groups -OCH3 is 1. The van der Waals surface area contributed by atoms with Crippen molar-refractivity contribution in [3.8, 4) is 17.0 Å². The highest BCUT2D eigenvalue weighted by molar-refractivity contribution is 7.08. The van der Waals surface area contributed by atoms with E-state index in [0.29, 0.717) is 11.7 Å². The second kappa shape index (κ2) is 5.93. The smallest absolute Gasteiger partial charge is 0.228 e. The molecule has 0 aliphatic carbocycles. The van der Waals surface area contributed by atoms with E-state index in [4.69, 9.17) is 4.74 Å². The van der Waals surface area contributed by atoms with E-state index in [2.05, 4.69) is 20.6 Å². The zero-order chi connectivity index (χ0) is 16.5. The Morgan fingerprint density at radius 2 is 2.17 bits per heavy atom. The van der Waals surface area contributed by atoms with Crippen LogP contribution in [-0.4, -0.2) is 23.0 Å². The molecule has 3 aromatic rings. The first kappa shape index (κ1) is 14.6. The van der Waals surface area contributed by atoms with Gasteiger partial charge in [0.25, 0.3) is 0 Å². The first-order valence-electron chi connectivity index (χ1n) is 7.37. The minimum atomic E-state index is -0.0533. The molecule has 0 atom stereocenters. The van der Waals surface area contributed by atoms with Gasteiger partial charge in [0.05, 0.1) is 30.6 Å². The van der Waals surface area contributed by atoms with Gasteiger partial charge >= 0.3 is 0 Å². The molecule has 1 aliphatic rings. The maximum Gasteiger partial charge on any atom is 0.228 e. The number of hydrogen-bond donors (Lipinski definition) is 2. The first-order valence-corrected chi connectivity index (χ1v) is 8.31. The molecule has 3 heterocycles. The fraction of sp³-hybridized carbons (Fsp3) is 0.118. The number of nitrogens with one attached hydrogen (secondary N) is 2. The summed E-state index contributed by atoms with van der Waals surface area (Å²) < 4.78 is 5.34. The van der Waals surface area contributed by atoms with E-state index < -0.39 is 0 Å². The summed E-state index contributed by atoms with van der Waals surface area (Å²) in [6.07, 6.45) is 1.97. The SMILES string of the molecule is COc1ccccc1Nc1ncc2c(n1)-c1cscc1NC(=O)C2. The predicted octanol–water partition coefficient (Wildman–Crippen LogP) is 3.45. The van der Waals surface area contributed by atoms with E-state index in [-0.39, 0.29) is 12.3 Å². The molecule has 0 radical (unpaired) electrons. The van der Waals surface area contributed by atoms with Gasteiger partial charge in [0.1, 0.15) is 5.75 Å². The average molecular weight is 338 g/mol. The van der Waals surface area contributed by atoms with Gasteiger partial charge in [0.2, 0.25) is 11.9 Å². The number of hydrogen-bond acceptors (Lipinski definition) is 6. The zero-order valence-corrected chi connectivity index (χ0v) is 13.7. The quantitative estimate of drug-likeness (QED) is 0.765. The van der Waals surface area contributed by atoms with Crippen molar-refractivity contribution in [1.29, 1.82) is 0 Å². The lowest BCUT2D eigenvalue weighted by molar-refractivity contribution is -0.115. The van der Waals surface area contributed by atoms with Crippen LogP contribution < -0.4 is 15.4 Å². The molecule has 2 aromatic heterocycles. The van der Waals surface area contributed by atoms with E-state index in [1.807, 2.05) is 35.0 Å². The molecule has 1 aromatic carbocycles. The summed E-state index contributed by atoms with van der Waals surface area (Å²) in [6, 6.07) is 7.57. The molecule has 0 saturated carbocycles. The van der Waals surface area contributed by atoms with Gasteiger partial charge in [0, 0.05) is 28.1 Å². The summed E-state index contributed by atoms with van der Waals surface area (Å²) in [7, 11) is 1.62. The van der Waals surface area contributed by atoms with Crippen LogP contribution in [0.1, 0.15) is 5.56 Å². The highest BCUT2D eigenvalue weighted by atomic mass is 32.1. The number of aromatic nitrogens is 2. The van der Waals surface area contributed by atoms with Crippen molar-refractivity contribution in [3.05, 3.63) is 46.8 Å². The number of rotatable bonds is 3. The van der Waals surface area contributed by atoms with Crippen molar-refractivity contribution in [3.63, 3.8) is 0 Å². The van der Waals surface area contributed by atoms with Crippen molar-refractivity contribution < 1.29 is 9.53 Å². The third-order valence-electron chi connectivity index (χ3n) is 3.76. The Morgan fingerprint density at radius 3 is 3.04 bits per heavy atom. The van der Waals surface area contributed by atoms with E-state index in [0.717, 1.165) is 28.2 Å². The number of thiophene rings is 1. The molecule has 0 unspecified atom stereocenters. The van der Waals surface area contributed by atoms with Crippen LogP contribution >= 0.6 is 11.3 Å². The summed E-state index contributed by atoms with van der Waals surface area (Å²) in [4.78, 5) is 20.9. The number of anilines is 3. The number of fused-ring (bicyclic) bond motifs is 3. The number of benzene rings is 1. The largest absolute Gasteiger partial charge is 0.495 e. The summed E-state index contributed by atoms with van der Waals surface area (Å²) in [5.74, 6) is 1.12. The Labute approximate surface area is 142 Å². The van der Waals surface area contributed by atoms with Gasteiger partial charge in [-0.2, -0.15) is 0 Å². The molecule has 0 fully saturated rings. The second-order valence-corrected chi connectivity index (χ2v) is 6.06. The van der Waals surface area contributed by atoms with Gasteiger partial charge in [-0.15, -0.1) is 11.3 Å². The normalized spacial score (nSPS) is 12.6. The predicted molar refractivity (Wildman–Crippen MR) is 94.0 cm³/mol. The molecule has 6 nitrogen and oxygen atoms in total. The topological polar surface area (TPSA) is 76.1 Å². The van der Waals surface area contributed by atoms with Crippen molar-refractivity contribution >= 4 is 34.6 Å². The summed E-state index contributed by atoms with van der Waals surface area (Å²) in [5, 5.41) is 9.98. The number of ether oxygens (including phenoxy) is 1. The van der Waals surface area contributed by atoms with Crippen LogP contribution in [-0.2, 0) is 11.2 Å². The van der Waals surface area contributed by atoms with Crippen molar-refractivity contribution in [2.45, 2.75) is 6.42 Å². The maximum atomic E-state index is 12.0. The molecule has 1 aliphatic heterocycles. The lowest BCUT2D eigenvalue weighted by atomic mass is 10.1. The van der Waals surface area contributed by atoms with Crippen molar-refractivity contribution in [2.24, 2.45) is 0 Å². The molecular formula is C17H14N4O2S. The minimum Gasteiger partial charge on any atom is -0.495 e. The fourth-order valence-corrected chi connectivity index (χ4v) is 3.41. The number of nitrogens with zero attached hydrogens (tertiary/aromatic N) is 2. The second-order valence-electron chi connectivity index (χ2n) is 5.32. The van der Waals surface area contributed by atoms with Crippen LogP contribution in [0, 0.1) is 0 Å². The summed E-state index contributed by atoms with van der Waals surface area (Å²) in [5.41, 5.74) is 4.09. The van der Waals surface area contributed by atoms with Gasteiger partial charge in [0.15, 0.2) is 0 Å². The molecule has 24 heavy (non-hydrogen) atoms. The van der Waals surface area contributed by atoms with Crippen LogP contribution in [0.15, 0.2) is 41.2 Å². The molecule has 0 saturated heterocycles. The van der Waals surface area contributed by atoms with Gasteiger partial charge in [-0.05, 0) is 12.1 Å². The summed E-state index contributed by atoms with van der Waals surface area (Å²) in [6.45, 7) is 0. The van der Waals surface area contributed by atoms with E-state index >= 15 is 0 Å². The highest BCUT2D eigenvalue weighted by Gasteiger charge is 2.21. The first-order chi connectivity index (χ1) is 11.7. The van der Waals surface area contributed by atoms with Crippen LogP contribution in [0.4, 0.5) is 17.3 Å². The number of carbonyl (C=O) groups is 1. The van der Waals surface area contributed by atoms with Crippen LogP contribution in [0.2, 0.25) is 0 Å². The molecule has 4 rings (SSSR count). The molecular weight excluding hydrogens is 324 g/mol. The molecule has 7 heteroatoms. The Bertz CT molecular complexity index is 922. The monoisotopic (exact) mass is 338 g/mol. The molecule has 2 N–H and O–H groups in total. The van der Waals surface area contributed by atoms with Crippen LogP contribution in [0.5, 0.6) is 5.75 Å². The molecule has 0 spiro atoms. The molecule has 0 bridgehead atoms. The van der Waals surface area contributed by atoms with Gasteiger partial charge in [-0.3, -0.25) is 4.79 Å². The third kappa shape index (κ3) is 2.59. The van der Waals surface area contributed by atoms with Gasteiger partial charge < -0.3 is 15.4 Å². The molecule has 120 valence electrons. The standard InChI is InChI=1S/C17H14N4O2S/c1-23-14-5-3-2-4-12(14)20-17-18-7-10-6-15(22)19-13-9-24-8-11(13)16(10)21-17/h2-5,7-9H,6H2,1H3,(H,19,22)(H,18,20,21). The lowest BCUT2D eigenvalue weighted by Crippen LogP contribution is -2.12.